The van der Waals surface area contributed by atoms with E-state index in [4.69, 9.17) is 0 Å². The van der Waals surface area contributed by atoms with Gasteiger partial charge >= 0.3 is 0 Å². The highest BCUT2D eigenvalue weighted by Gasteiger charge is 2.13. The lowest BCUT2D eigenvalue weighted by atomic mass is 10.1. The zero-order valence-electron chi connectivity index (χ0n) is 15.4. The Morgan fingerprint density at radius 2 is 1.85 bits per heavy atom. The van der Waals surface area contributed by atoms with Crippen molar-refractivity contribution >= 4 is 11.8 Å². The lowest BCUT2D eigenvalue weighted by Gasteiger charge is -2.07. The Kier molecular flexibility index (Phi) is 5.07. The van der Waals surface area contributed by atoms with Crippen molar-refractivity contribution in [1.82, 2.24) is 24.5 Å². The van der Waals surface area contributed by atoms with Crippen molar-refractivity contribution in [2.24, 2.45) is 0 Å². The van der Waals surface area contributed by atoms with Crippen LogP contribution in [0.4, 0.5) is 0 Å². The maximum atomic E-state index is 4.46. The van der Waals surface area contributed by atoms with Gasteiger partial charge in [-0.1, -0.05) is 53.7 Å². The molecule has 136 valence electrons. The van der Waals surface area contributed by atoms with E-state index in [-0.39, 0.29) is 0 Å². The molecule has 4 aromatic rings. The van der Waals surface area contributed by atoms with Crippen LogP contribution >= 0.6 is 11.8 Å². The molecule has 0 atom stereocenters. The summed E-state index contributed by atoms with van der Waals surface area (Å²) in [6.45, 7) is 5.05. The maximum absolute atomic E-state index is 4.46. The molecule has 2 heterocycles. The van der Waals surface area contributed by atoms with Crippen molar-refractivity contribution in [2.45, 2.75) is 31.3 Å². The quantitative estimate of drug-likeness (QED) is 0.456. The molecule has 0 saturated carbocycles. The lowest BCUT2D eigenvalue weighted by Crippen LogP contribution is -2.00. The molecule has 2 aromatic heterocycles. The molecule has 0 N–H and O–H groups in total. The summed E-state index contributed by atoms with van der Waals surface area (Å²) in [6.07, 6.45) is 3.98. The maximum Gasteiger partial charge on any atom is 0.191 e. The van der Waals surface area contributed by atoms with Gasteiger partial charge in [-0.15, -0.1) is 10.2 Å². The molecule has 0 bridgehead atoms. The number of hydrogen-bond acceptors (Lipinski definition) is 4. The van der Waals surface area contributed by atoms with Gasteiger partial charge in [-0.2, -0.15) is 5.10 Å². The van der Waals surface area contributed by atoms with E-state index in [0.29, 0.717) is 0 Å². The van der Waals surface area contributed by atoms with E-state index in [1.807, 2.05) is 41.2 Å². The van der Waals surface area contributed by atoms with Gasteiger partial charge in [0.15, 0.2) is 11.0 Å². The van der Waals surface area contributed by atoms with Crippen LogP contribution in [0.1, 0.15) is 18.1 Å². The van der Waals surface area contributed by atoms with Crippen molar-refractivity contribution in [3.63, 3.8) is 0 Å². The minimum absolute atomic E-state index is 0.804. The summed E-state index contributed by atoms with van der Waals surface area (Å²) in [5.41, 5.74) is 4.55. The van der Waals surface area contributed by atoms with Crippen molar-refractivity contribution in [3.05, 3.63) is 78.1 Å². The molecule has 0 aliphatic heterocycles. The SMILES string of the molecule is CCn1c(SCc2cnn(-c3ccccc3)c2)nnc1-c1cccc(C)c1. The minimum Gasteiger partial charge on any atom is -0.302 e. The first kappa shape index (κ1) is 17.5. The Morgan fingerprint density at radius 1 is 1.00 bits per heavy atom. The molecule has 0 unspecified atom stereocenters. The molecule has 2 aromatic carbocycles. The second kappa shape index (κ2) is 7.80. The van der Waals surface area contributed by atoms with Gasteiger partial charge in [-0.3, -0.25) is 0 Å². The van der Waals surface area contributed by atoms with Crippen LogP contribution in [-0.4, -0.2) is 24.5 Å². The van der Waals surface area contributed by atoms with E-state index in [1.165, 1.54) is 5.56 Å². The molecular formula is C21H21N5S. The van der Waals surface area contributed by atoms with Crippen LogP contribution in [0.15, 0.2) is 72.1 Å². The molecule has 5 nitrogen and oxygen atoms in total. The minimum atomic E-state index is 0.804. The summed E-state index contributed by atoms with van der Waals surface area (Å²) in [5.74, 6) is 1.72. The Hall–Kier alpha value is -2.86. The second-order valence-corrected chi connectivity index (χ2v) is 7.28. The van der Waals surface area contributed by atoms with E-state index < -0.39 is 0 Å². The zero-order valence-corrected chi connectivity index (χ0v) is 16.2. The van der Waals surface area contributed by atoms with Gasteiger partial charge in [0.25, 0.3) is 0 Å². The van der Waals surface area contributed by atoms with Crippen molar-refractivity contribution in [1.29, 1.82) is 0 Å². The Morgan fingerprint density at radius 3 is 2.63 bits per heavy atom. The van der Waals surface area contributed by atoms with E-state index in [2.05, 4.69) is 64.2 Å². The fraction of sp³-hybridized carbons (Fsp3) is 0.190. The Balaban J connectivity index is 1.52. The number of para-hydroxylation sites is 1. The molecule has 0 radical (unpaired) electrons. The molecule has 0 amide bonds. The molecule has 27 heavy (non-hydrogen) atoms. The lowest BCUT2D eigenvalue weighted by molar-refractivity contribution is 0.687. The number of aromatic nitrogens is 5. The third kappa shape index (κ3) is 3.80. The fourth-order valence-corrected chi connectivity index (χ4v) is 3.90. The molecule has 0 saturated heterocycles. The molecular weight excluding hydrogens is 354 g/mol. The van der Waals surface area contributed by atoms with Gasteiger partial charge in [0.2, 0.25) is 0 Å². The van der Waals surface area contributed by atoms with Crippen molar-refractivity contribution < 1.29 is 0 Å². The standard InChI is InChI=1S/C21H21N5S/c1-3-25-20(18-9-7-8-16(2)12-18)23-24-21(25)27-15-17-13-22-26(14-17)19-10-5-4-6-11-19/h4-14H,3,15H2,1-2H3. The summed E-state index contributed by atoms with van der Waals surface area (Å²) in [4.78, 5) is 0. The van der Waals surface area contributed by atoms with Gasteiger partial charge in [0.1, 0.15) is 0 Å². The van der Waals surface area contributed by atoms with Gasteiger partial charge in [0.05, 0.1) is 11.9 Å². The summed E-state index contributed by atoms with van der Waals surface area (Å²) in [6, 6.07) is 18.5. The van der Waals surface area contributed by atoms with Crippen LogP contribution in [0, 0.1) is 6.92 Å². The molecule has 0 aliphatic carbocycles. The number of rotatable bonds is 6. The van der Waals surface area contributed by atoms with Crippen LogP contribution in [-0.2, 0) is 12.3 Å². The predicted molar refractivity (Wildman–Crippen MR) is 109 cm³/mol. The van der Waals surface area contributed by atoms with E-state index in [9.17, 15) is 0 Å². The highest BCUT2D eigenvalue weighted by atomic mass is 32.2. The summed E-state index contributed by atoms with van der Waals surface area (Å²) >= 11 is 1.69. The predicted octanol–water partition coefficient (Wildman–Crippen LogP) is 4.75. The van der Waals surface area contributed by atoms with Crippen molar-refractivity contribution in [2.75, 3.05) is 0 Å². The number of benzene rings is 2. The van der Waals surface area contributed by atoms with E-state index in [1.54, 1.807) is 11.8 Å². The highest BCUT2D eigenvalue weighted by molar-refractivity contribution is 7.98. The molecule has 0 spiro atoms. The van der Waals surface area contributed by atoms with Crippen molar-refractivity contribution in [3.8, 4) is 17.1 Å². The summed E-state index contributed by atoms with van der Waals surface area (Å²) < 4.78 is 4.07. The average Bonchev–Trinajstić information content (AvgIpc) is 3.34. The number of nitrogens with zero attached hydrogens (tertiary/aromatic N) is 5. The second-order valence-electron chi connectivity index (χ2n) is 6.34. The third-order valence-electron chi connectivity index (χ3n) is 4.33. The van der Waals surface area contributed by atoms with E-state index in [0.717, 1.165) is 40.1 Å². The van der Waals surface area contributed by atoms with Crippen LogP contribution in [0.5, 0.6) is 0 Å². The van der Waals surface area contributed by atoms with Gasteiger partial charge in [0, 0.05) is 29.6 Å². The number of thioether (sulfide) groups is 1. The van der Waals surface area contributed by atoms with Gasteiger partial charge in [-0.05, 0) is 32.0 Å². The van der Waals surface area contributed by atoms with Gasteiger partial charge < -0.3 is 4.57 Å². The topological polar surface area (TPSA) is 48.5 Å². The smallest absolute Gasteiger partial charge is 0.191 e. The number of hydrogen-bond donors (Lipinski definition) is 0. The summed E-state index contributed by atoms with van der Waals surface area (Å²) in [7, 11) is 0. The first-order valence-corrected chi connectivity index (χ1v) is 9.95. The van der Waals surface area contributed by atoms with Crippen LogP contribution in [0.3, 0.4) is 0 Å². The van der Waals surface area contributed by atoms with Crippen LogP contribution < -0.4 is 0 Å². The zero-order chi connectivity index (χ0) is 18.6. The monoisotopic (exact) mass is 375 g/mol. The Bertz CT molecular complexity index is 1040. The van der Waals surface area contributed by atoms with E-state index >= 15 is 0 Å². The molecule has 6 heteroatoms. The van der Waals surface area contributed by atoms with Crippen LogP contribution in [0.2, 0.25) is 0 Å². The van der Waals surface area contributed by atoms with Gasteiger partial charge in [-0.25, -0.2) is 4.68 Å². The largest absolute Gasteiger partial charge is 0.302 e. The molecule has 4 rings (SSSR count). The summed E-state index contributed by atoms with van der Waals surface area (Å²) in [5, 5.41) is 14.3. The number of aryl methyl sites for hydroxylation is 1. The highest BCUT2D eigenvalue weighted by Crippen LogP contribution is 2.27. The third-order valence-corrected chi connectivity index (χ3v) is 5.37. The normalized spacial score (nSPS) is 11.0. The van der Waals surface area contributed by atoms with Crippen LogP contribution in [0.25, 0.3) is 17.1 Å². The molecule has 0 fully saturated rings. The average molecular weight is 376 g/mol. The first-order chi connectivity index (χ1) is 13.2. The fourth-order valence-electron chi connectivity index (χ4n) is 2.98. The molecule has 0 aliphatic rings. The Labute approximate surface area is 163 Å². The first-order valence-electron chi connectivity index (χ1n) is 8.96.